The number of para-hydroxylation sites is 1. The molecule has 34 heavy (non-hydrogen) atoms. The Morgan fingerprint density at radius 1 is 1.09 bits per heavy atom. The number of pyridine rings is 1. The second-order valence-electron chi connectivity index (χ2n) is 8.04. The summed E-state index contributed by atoms with van der Waals surface area (Å²) in [5.74, 6) is -2.35. The van der Waals surface area contributed by atoms with E-state index in [1.54, 1.807) is 12.4 Å². The third-order valence-electron chi connectivity index (χ3n) is 5.66. The topological polar surface area (TPSA) is 101 Å². The Labute approximate surface area is 196 Å². The van der Waals surface area contributed by atoms with Crippen LogP contribution in [0.2, 0.25) is 0 Å². The molecule has 0 saturated heterocycles. The van der Waals surface area contributed by atoms with E-state index in [1.165, 1.54) is 12.1 Å². The number of carbonyl (C=O) groups is 1. The van der Waals surface area contributed by atoms with Gasteiger partial charge in [0.25, 0.3) is 0 Å². The van der Waals surface area contributed by atoms with Gasteiger partial charge in [0, 0.05) is 49.0 Å². The molecule has 2 heterocycles. The molecular formula is C25H24FN3O4S. The first kappa shape index (κ1) is 23.6. The van der Waals surface area contributed by atoms with E-state index >= 15 is 0 Å². The number of aromatic nitrogens is 2. The fraction of sp³-hybridized carbons (Fsp3) is 0.200. The Morgan fingerprint density at radius 3 is 2.56 bits per heavy atom. The van der Waals surface area contributed by atoms with Gasteiger partial charge in [0.05, 0.1) is 10.8 Å². The van der Waals surface area contributed by atoms with Gasteiger partial charge in [-0.15, -0.1) is 0 Å². The van der Waals surface area contributed by atoms with Gasteiger partial charge in [-0.1, -0.05) is 24.3 Å². The lowest BCUT2D eigenvalue weighted by atomic mass is 10.1. The van der Waals surface area contributed by atoms with E-state index in [0.717, 1.165) is 34.2 Å². The predicted molar refractivity (Wildman–Crippen MR) is 126 cm³/mol. The number of carboxylic acids is 1. The molecular weight excluding hydrogens is 457 g/mol. The highest BCUT2D eigenvalue weighted by Gasteiger charge is 2.22. The van der Waals surface area contributed by atoms with Crippen molar-refractivity contribution in [1.82, 2.24) is 14.3 Å². The van der Waals surface area contributed by atoms with Crippen molar-refractivity contribution in [1.29, 1.82) is 0 Å². The SMILES string of the molecule is O=C(O)C(CCNS(=O)(=O)c1ccc(F)cc1)Cn1cc(Cc2cccnc2)c2ccccc21. The molecule has 0 aliphatic heterocycles. The fourth-order valence-corrected chi connectivity index (χ4v) is 4.98. The summed E-state index contributed by atoms with van der Waals surface area (Å²) >= 11 is 0. The smallest absolute Gasteiger partial charge is 0.308 e. The molecule has 2 aromatic heterocycles. The molecule has 176 valence electrons. The number of benzene rings is 2. The lowest BCUT2D eigenvalue weighted by molar-refractivity contribution is -0.142. The molecule has 0 saturated carbocycles. The number of sulfonamides is 1. The maximum Gasteiger partial charge on any atom is 0.308 e. The van der Waals surface area contributed by atoms with Crippen LogP contribution in [-0.4, -0.2) is 35.6 Å². The Kier molecular flexibility index (Phi) is 7.04. The average molecular weight is 482 g/mol. The van der Waals surface area contributed by atoms with Crippen molar-refractivity contribution < 1.29 is 22.7 Å². The lowest BCUT2D eigenvalue weighted by Crippen LogP contribution is -2.29. The fourth-order valence-electron chi connectivity index (χ4n) is 3.93. The lowest BCUT2D eigenvalue weighted by Gasteiger charge is -2.15. The van der Waals surface area contributed by atoms with Gasteiger partial charge in [-0.25, -0.2) is 17.5 Å². The van der Waals surface area contributed by atoms with Crippen molar-refractivity contribution in [3.63, 3.8) is 0 Å². The zero-order valence-corrected chi connectivity index (χ0v) is 19.1. The third-order valence-corrected chi connectivity index (χ3v) is 7.14. The van der Waals surface area contributed by atoms with Gasteiger partial charge < -0.3 is 9.67 Å². The molecule has 7 nitrogen and oxygen atoms in total. The highest BCUT2D eigenvalue weighted by atomic mass is 32.2. The number of fused-ring (bicyclic) bond motifs is 1. The Balaban J connectivity index is 1.49. The van der Waals surface area contributed by atoms with Gasteiger partial charge in [0.2, 0.25) is 10.0 Å². The number of nitrogens with one attached hydrogen (secondary N) is 1. The quantitative estimate of drug-likeness (QED) is 0.358. The molecule has 0 amide bonds. The Hall–Kier alpha value is -3.56. The van der Waals surface area contributed by atoms with Gasteiger partial charge in [0.1, 0.15) is 5.82 Å². The molecule has 1 atom stereocenters. The molecule has 2 N–H and O–H groups in total. The van der Waals surface area contributed by atoms with E-state index < -0.39 is 27.7 Å². The van der Waals surface area contributed by atoms with Crippen molar-refractivity contribution >= 4 is 26.9 Å². The maximum absolute atomic E-state index is 13.1. The molecule has 2 aromatic carbocycles. The standard InChI is InChI=1S/C25H24FN3O4S/c26-21-7-9-22(10-8-21)34(32,33)28-13-11-19(25(30)31)16-29-17-20(14-18-4-3-12-27-15-18)23-5-1-2-6-24(23)29/h1-10,12,15,17,19,28H,11,13-14,16H2,(H,30,31). The van der Waals surface area contributed by atoms with Gasteiger partial charge >= 0.3 is 5.97 Å². The Morgan fingerprint density at radius 2 is 1.85 bits per heavy atom. The van der Waals surface area contributed by atoms with Crippen molar-refractivity contribution in [3.8, 4) is 0 Å². The highest BCUT2D eigenvalue weighted by Crippen LogP contribution is 2.25. The summed E-state index contributed by atoms with van der Waals surface area (Å²) in [6.07, 6.45) is 6.24. The zero-order chi connectivity index (χ0) is 24.1. The van der Waals surface area contributed by atoms with Crippen LogP contribution in [0, 0.1) is 11.7 Å². The van der Waals surface area contributed by atoms with Crippen LogP contribution in [0.25, 0.3) is 10.9 Å². The van der Waals surface area contributed by atoms with Crippen LogP contribution < -0.4 is 4.72 Å². The van der Waals surface area contributed by atoms with E-state index in [0.29, 0.717) is 6.42 Å². The van der Waals surface area contributed by atoms with E-state index in [1.807, 2.05) is 47.2 Å². The van der Waals surface area contributed by atoms with Crippen LogP contribution in [0.15, 0.2) is 84.1 Å². The van der Waals surface area contributed by atoms with Crippen molar-refractivity contribution in [2.75, 3.05) is 6.54 Å². The number of hydrogen-bond donors (Lipinski definition) is 2. The second kappa shape index (κ2) is 10.1. The minimum atomic E-state index is -3.86. The second-order valence-corrected chi connectivity index (χ2v) is 9.80. The summed E-state index contributed by atoms with van der Waals surface area (Å²) in [6.45, 7) is 0.138. The van der Waals surface area contributed by atoms with E-state index in [9.17, 15) is 22.7 Å². The maximum atomic E-state index is 13.1. The van der Waals surface area contributed by atoms with Crippen molar-refractivity contribution in [2.45, 2.75) is 24.3 Å². The first-order valence-electron chi connectivity index (χ1n) is 10.8. The molecule has 4 aromatic rings. The number of aliphatic carboxylic acids is 1. The van der Waals surface area contributed by atoms with Crippen LogP contribution in [0.3, 0.4) is 0 Å². The molecule has 0 radical (unpaired) electrons. The molecule has 9 heteroatoms. The molecule has 0 aliphatic carbocycles. The van der Waals surface area contributed by atoms with Crippen LogP contribution in [0.5, 0.6) is 0 Å². The van der Waals surface area contributed by atoms with E-state index in [2.05, 4.69) is 9.71 Å². The molecule has 1 unspecified atom stereocenters. The first-order chi connectivity index (χ1) is 16.3. The van der Waals surface area contributed by atoms with Gasteiger partial charge in [-0.2, -0.15) is 0 Å². The van der Waals surface area contributed by atoms with Crippen LogP contribution in [0.4, 0.5) is 4.39 Å². The third kappa shape index (κ3) is 5.49. The summed E-state index contributed by atoms with van der Waals surface area (Å²) in [5, 5.41) is 10.8. The molecule has 0 bridgehead atoms. The van der Waals surface area contributed by atoms with Crippen LogP contribution in [-0.2, 0) is 27.8 Å². The van der Waals surface area contributed by atoms with Crippen LogP contribution >= 0.6 is 0 Å². The largest absolute Gasteiger partial charge is 0.481 e. The predicted octanol–water partition coefficient (Wildman–Crippen LogP) is 3.84. The molecule has 0 aliphatic rings. The monoisotopic (exact) mass is 481 g/mol. The molecule has 4 rings (SSSR count). The normalized spacial score (nSPS) is 12.6. The van der Waals surface area contributed by atoms with Gasteiger partial charge in [0.15, 0.2) is 0 Å². The average Bonchev–Trinajstić information content (AvgIpc) is 3.16. The van der Waals surface area contributed by atoms with E-state index in [4.69, 9.17) is 0 Å². The first-order valence-corrected chi connectivity index (χ1v) is 12.3. The summed E-state index contributed by atoms with van der Waals surface area (Å²) in [6, 6.07) is 16.1. The van der Waals surface area contributed by atoms with Gasteiger partial charge in [-0.05, 0) is 53.9 Å². The van der Waals surface area contributed by atoms with Crippen molar-refractivity contribution in [3.05, 3.63) is 96.2 Å². The minimum absolute atomic E-state index is 0.0571. The minimum Gasteiger partial charge on any atom is -0.481 e. The number of carboxylic acid groups (broad SMARTS) is 1. The van der Waals surface area contributed by atoms with Crippen molar-refractivity contribution in [2.24, 2.45) is 5.92 Å². The number of nitrogens with zero attached hydrogens (tertiary/aromatic N) is 2. The molecule has 0 spiro atoms. The number of halogens is 1. The van der Waals surface area contributed by atoms with E-state index in [-0.39, 0.29) is 24.4 Å². The highest BCUT2D eigenvalue weighted by molar-refractivity contribution is 7.89. The molecule has 0 fully saturated rings. The summed E-state index contributed by atoms with van der Waals surface area (Å²) < 4.78 is 42.2. The number of hydrogen-bond acceptors (Lipinski definition) is 4. The summed E-state index contributed by atoms with van der Waals surface area (Å²) in [5.41, 5.74) is 3.03. The van der Waals surface area contributed by atoms with Crippen LogP contribution in [0.1, 0.15) is 17.5 Å². The summed E-state index contributed by atoms with van der Waals surface area (Å²) in [7, 11) is -3.86. The summed E-state index contributed by atoms with van der Waals surface area (Å²) in [4.78, 5) is 16.0. The zero-order valence-electron chi connectivity index (χ0n) is 18.3. The number of rotatable bonds is 10. The Bertz CT molecular complexity index is 1390. The van der Waals surface area contributed by atoms with Gasteiger partial charge in [-0.3, -0.25) is 9.78 Å².